The molecule has 0 aliphatic carbocycles. The summed E-state index contributed by atoms with van der Waals surface area (Å²) in [5.41, 5.74) is 5.03. The minimum absolute atomic E-state index is 0.0560. The number of likely N-dealkylation sites (tertiary alicyclic amines) is 1. The summed E-state index contributed by atoms with van der Waals surface area (Å²) in [5, 5.41) is 9.82. The fourth-order valence-electron chi connectivity index (χ4n) is 3.14. The second kappa shape index (κ2) is 7.33. The van der Waals surface area contributed by atoms with Crippen molar-refractivity contribution in [3.63, 3.8) is 0 Å². The van der Waals surface area contributed by atoms with Crippen molar-refractivity contribution in [3.05, 3.63) is 0 Å². The van der Waals surface area contributed by atoms with Gasteiger partial charge in [0.25, 0.3) is 0 Å². The van der Waals surface area contributed by atoms with Gasteiger partial charge in [-0.3, -0.25) is 14.5 Å². The van der Waals surface area contributed by atoms with Crippen LogP contribution in [0.25, 0.3) is 0 Å². The van der Waals surface area contributed by atoms with Crippen LogP contribution < -0.4 is 5.73 Å². The molecular weight excluding hydrogens is 272 g/mol. The second-order valence-electron chi connectivity index (χ2n) is 5.49. The smallest absolute Gasteiger partial charge is 0.235 e. The Labute approximate surface area is 126 Å². The maximum absolute atomic E-state index is 11.8. The van der Waals surface area contributed by atoms with E-state index in [1.165, 1.54) is 11.9 Å². The Morgan fingerprint density at radius 2 is 1.62 bits per heavy atom. The summed E-state index contributed by atoms with van der Waals surface area (Å²) in [6.45, 7) is 8.74. The summed E-state index contributed by atoms with van der Waals surface area (Å²) in [7, 11) is 1.50. The monoisotopic (exact) mass is 300 g/mol. The van der Waals surface area contributed by atoms with Gasteiger partial charge in [-0.05, 0) is 13.0 Å². The Hall–Kier alpha value is -0.980. The molecule has 3 N–H and O–H groups in total. The van der Waals surface area contributed by atoms with Gasteiger partial charge in [0.15, 0.2) is 0 Å². The van der Waals surface area contributed by atoms with Crippen molar-refractivity contribution in [2.45, 2.75) is 52.4 Å². The van der Waals surface area contributed by atoms with E-state index in [1.54, 1.807) is 0 Å². The predicted molar refractivity (Wildman–Crippen MR) is 79.3 cm³/mol. The molecule has 3 aliphatic heterocycles. The number of amides is 2. The molecular formula is C15H28N2O4. The highest BCUT2D eigenvalue weighted by Crippen LogP contribution is 2.50. The lowest BCUT2D eigenvalue weighted by molar-refractivity contribution is -0.141. The minimum Gasteiger partial charge on any atom is -0.390 e. The van der Waals surface area contributed by atoms with E-state index in [0.717, 1.165) is 13.0 Å². The van der Waals surface area contributed by atoms with E-state index >= 15 is 0 Å². The Balaban J connectivity index is 0.000000322. The quantitative estimate of drug-likeness (QED) is 0.683. The summed E-state index contributed by atoms with van der Waals surface area (Å²) in [4.78, 5) is 24.7. The van der Waals surface area contributed by atoms with Crippen LogP contribution in [0.1, 0.15) is 34.1 Å². The fourth-order valence-corrected chi connectivity index (χ4v) is 3.14. The lowest BCUT2D eigenvalue weighted by atomic mass is 9.74. The van der Waals surface area contributed by atoms with E-state index in [4.69, 9.17) is 10.5 Å². The van der Waals surface area contributed by atoms with Crippen molar-refractivity contribution in [3.8, 4) is 0 Å². The zero-order valence-electron chi connectivity index (χ0n) is 13.6. The van der Waals surface area contributed by atoms with E-state index in [2.05, 4.69) is 6.92 Å². The van der Waals surface area contributed by atoms with Crippen LogP contribution in [0.15, 0.2) is 0 Å². The number of aliphatic hydroxyl groups is 1. The highest BCUT2D eigenvalue weighted by Gasteiger charge is 2.67. The molecule has 6 atom stereocenters. The molecule has 3 heterocycles. The van der Waals surface area contributed by atoms with E-state index in [9.17, 15) is 14.7 Å². The molecule has 3 fully saturated rings. The topological polar surface area (TPSA) is 92.9 Å². The van der Waals surface area contributed by atoms with E-state index in [-0.39, 0.29) is 29.8 Å². The van der Waals surface area contributed by atoms with E-state index in [0.29, 0.717) is 0 Å². The van der Waals surface area contributed by atoms with Gasteiger partial charge in [0.1, 0.15) is 0 Å². The van der Waals surface area contributed by atoms with Crippen LogP contribution >= 0.6 is 0 Å². The van der Waals surface area contributed by atoms with Crippen LogP contribution in [0.3, 0.4) is 0 Å². The van der Waals surface area contributed by atoms with Gasteiger partial charge in [0.05, 0.1) is 30.1 Å². The molecule has 2 bridgehead atoms. The summed E-state index contributed by atoms with van der Waals surface area (Å²) in [6, 6.07) is 0. The molecule has 0 spiro atoms. The zero-order chi connectivity index (χ0) is 16.3. The largest absolute Gasteiger partial charge is 0.390 e. The Morgan fingerprint density at radius 1 is 1.19 bits per heavy atom. The number of fused-ring (bicyclic) bond motifs is 5. The first-order chi connectivity index (χ1) is 9.95. The first kappa shape index (κ1) is 18.1. The summed E-state index contributed by atoms with van der Waals surface area (Å²) in [5.74, 6) is -1.22. The summed E-state index contributed by atoms with van der Waals surface area (Å²) >= 11 is 0. The molecule has 3 rings (SSSR count). The van der Waals surface area contributed by atoms with Crippen molar-refractivity contribution < 1.29 is 19.4 Å². The van der Waals surface area contributed by atoms with Crippen molar-refractivity contribution in [1.29, 1.82) is 0 Å². The molecule has 2 amide bonds. The summed E-state index contributed by atoms with van der Waals surface area (Å²) in [6.07, 6.45) is -0.271. The number of carbonyl (C=O) groups excluding carboxylic acids is 2. The van der Waals surface area contributed by atoms with Gasteiger partial charge in [0, 0.05) is 13.0 Å². The molecule has 122 valence electrons. The molecule has 21 heavy (non-hydrogen) atoms. The summed E-state index contributed by atoms with van der Waals surface area (Å²) < 4.78 is 5.53. The second-order valence-corrected chi connectivity index (χ2v) is 5.49. The predicted octanol–water partition coefficient (Wildman–Crippen LogP) is 0.377. The zero-order valence-corrected chi connectivity index (χ0v) is 13.6. The van der Waals surface area contributed by atoms with Gasteiger partial charge in [-0.2, -0.15) is 0 Å². The minimum atomic E-state index is -0.612. The third-order valence-electron chi connectivity index (χ3n) is 4.32. The van der Waals surface area contributed by atoms with Gasteiger partial charge in [-0.15, -0.1) is 0 Å². The lowest BCUT2D eigenvalue weighted by Crippen LogP contribution is -2.43. The maximum atomic E-state index is 11.8. The van der Waals surface area contributed by atoms with Crippen LogP contribution in [0.5, 0.6) is 0 Å². The van der Waals surface area contributed by atoms with E-state index in [1.807, 2.05) is 20.8 Å². The molecule has 0 aromatic rings. The van der Waals surface area contributed by atoms with Gasteiger partial charge in [-0.1, -0.05) is 27.7 Å². The first-order valence-electron chi connectivity index (χ1n) is 7.80. The highest BCUT2D eigenvalue weighted by atomic mass is 16.5. The number of hydrogen-bond acceptors (Lipinski definition) is 5. The molecule has 4 unspecified atom stereocenters. The van der Waals surface area contributed by atoms with Crippen LogP contribution in [0, 0.1) is 17.8 Å². The average molecular weight is 300 g/mol. The Bertz CT molecular complexity index is 354. The number of carbonyl (C=O) groups is 2. The molecule has 0 aromatic heterocycles. The number of aliphatic hydroxyl groups excluding tert-OH is 1. The SMILES string of the molecule is CC.CCCN.C[C@H]1C(O)C2O[C@H]1C1C(=O)N(C)C(=O)C21. The molecule has 0 aromatic carbocycles. The van der Waals surface area contributed by atoms with E-state index < -0.39 is 18.1 Å². The van der Waals surface area contributed by atoms with Gasteiger partial charge in [-0.25, -0.2) is 0 Å². The maximum Gasteiger partial charge on any atom is 0.235 e. The lowest BCUT2D eigenvalue weighted by Gasteiger charge is -2.26. The van der Waals surface area contributed by atoms with Gasteiger partial charge >= 0.3 is 0 Å². The molecule has 0 radical (unpaired) electrons. The van der Waals surface area contributed by atoms with Crippen LogP contribution in [-0.2, 0) is 14.3 Å². The van der Waals surface area contributed by atoms with Crippen molar-refractivity contribution in [1.82, 2.24) is 4.90 Å². The molecule has 3 aliphatic rings. The average Bonchev–Trinajstić information content (AvgIpc) is 3.11. The Morgan fingerprint density at radius 3 is 2.05 bits per heavy atom. The molecule has 6 heteroatoms. The standard InChI is InChI=1S/C10H13NO4.C3H9N.C2H6/c1-3-6(12)8-5-4(7(3)15-8)9(13)11(2)10(5)14;1-2-3-4;1-2/h3-8,12H,1-2H3;2-4H2,1H3;1-2H3/t3-,4?,5?,6?,7+,8?;;/m0../s1. The van der Waals surface area contributed by atoms with Crippen LogP contribution in [-0.4, -0.2) is 53.7 Å². The van der Waals surface area contributed by atoms with Crippen molar-refractivity contribution >= 4 is 11.8 Å². The Kier molecular flexibility index (Phi) is 6.31. The van der Waals surface area contributed by atoms with Crippen LogP contribution in [0.2, 0.25) is 0 Å². The first-order valence-corrected chi connectivity index (χ1v) is 7.80. The molecule has 3 saturated heterocycles. The normalized spacial score (nSPS) is 39.5. The van der Waals surface area contributed by atoms with Gasteiger partial charge < -0.3 is 15.6 Å². The van der Waals surface area contributed by atoms with Crippen molar-refractivity contribution in [2.75, 3.05) is 13.6 Å². The van der Waals surface area contributed by atoms with Crippen molar-refractivity contribution in [2.24, 2.45) is 23.5 Å². The number of imide groups is 1. The van der Waals surface area contributed by atoms with Crippen LogP contribution in [0.4, 0.5) is 0 Å². The van der Waals surface area contributed by atoms with Gasteiger partial charge in [0.2, 0.25) is 11.8 Å². The highest BCUT2D eigenvalue weighted by molar-refractivity contribution is 6.06. The fraction of sp³-hybridized carbons (Fsp3) is 0.867. The molecule has 6 nitrogen and oxygen atoms in total. The number of rotatable bonds is 1. The number of nitrogens with two attached hydrogens (primary N) is 1. The third-order valence-corrected chi connectivity index (χ3v) is 4.32. The number of nitrogens with zero attached hydrogens (tertiary/aromatic N) is 1. The number of hydrogen-bond donors (Lipinski definition) is 2. The third kappa shape index (κ3) is 2.84. The molecule has 0 saturated carbocycles. The number of ether oxygens (including phenoxy) is 1.